The van der Waals surface area contributed by atoms with Crippen molar-refractivity contribution in [3.05, 3.63) is 35.9 Å². The number of hydrogen-bond acceptors (Lipinski definition) is 5. The molecule has 0 radical (unpaired) electrons. The first kappa shape index (κ1) is 18.2. The zero-order valence-corrected chi connectivity index (χ0v) is 13.4. The molecule has 5 heteroatoms. The van der Waals surface area contributed by atoms with Gasteiger partial charge in [0.15, 0.2) is 0 Å². The summed E-state index contributed by atoms with van der Waals surface area (Å²) < 4.78 is 10.4. The summed E-state index contributed by atoms with van der Waals surface area (Å²) in [6, 6.07) is 9.31. The molecule has 0 aliphatic rings. The van der Waals surface area contributed by atoms with E-state index in [-0.39, 0.29) is 26.1 Å². The van der Waals surface area contributed by atoms with E-state index in [9.17, 15) is 9.59 Å². The molecule has 5 nitrogen and oxygen atoms in total. The van der Waals surface area contributed by atoms with Crippen molar-refractivity contribution in [1.82, 2.24) is 0 Å². The minimum atomic E-state index is -0.688. The van der Waals surface area contributed by atoms with Crippen LogP contribution in [0.4, 0.5) is 0 Å². The Labute approximate surface area is 131 Å². The van der Waals surface area contributed by atoms with Crippen LogP contribution in [-0.2, 0) is 25.7 Å². The molecule has 122 valence electrons. The van der Waals surface area contributed by atoms with Crippen molar-refractivity contribution in [1.29, 1.82) is 0 Å². The van der Waals surface area contributed by atoms with Gasteiger partial charge in [0, 0.05) is 6.61 Å². The lowest BCUT2D eigenvalue weighted by Crippen LogP contribution is -2.30. The van der Waals surface area contributed by atoms with Crippen LogP contribution < -0.4 is 0 Å². The number of esters is 2. The summed E-state index contributed by atoms with van der Waals surface area (Å²) in [5.74, 6) is -1.65. The Morgan fingerprint density at radius 1 is 1.18 bits per heavy atom. The Morgan fingerprint density at radius 2 is 1.82 bits per heavy atom. The number of carbonyl (C=O) groups is 2. The number of aliphatic hydroxyl groups excluding tert-OH is 1. The molecular formula is C17H24O5. The monoisotopic (exact) mass is 308 g/mol. The Kier molecular flexibility index (Phi) is 7.05. The van der Waals surface area contributed by atoms with E-state index in [1.165, 1.54) is 0 Å². The van der Waals surface area contributed by atoms with E-state index in [1.54, 1.807) is 20.8 Å². The molecule has 0 saturated heterocycles. The molecule has 0 fully saturated rings. The third-order valence-electron chi connectivity index (χ3n) is 2.87. The Bertz CT molecular complexity index is 476. The van der Waals surface area contributed by atoms with Crippen LogP contribution in [-0.4, -0.2) is 29.3 Å². The van der Waals surface area contributed by atoms with Crippen LogP contribution >= 0.6 is 0 Å². The molecule has 1 atom stereocenters. The lowest BCUT2D eigenvalue weighted by molar-refractivity contribution is -0.164. The molecule has 0 heterocycles. The highest BCUT2D eigenvalue weighted by molar-refractivity contribution is 5.80. The van der Waals surface area contributed by atoms with Gasteiger partial charge in [-0.3, -0.25) is 9.59 Å². The molecule has 0 aliphatic heterocycles. The van der Waals surface area contributed by atoms with Crippen molar-refractivity contribution in [2.24, 2.45) is 5.92 Å². The number of carbonyl (C=O) groups excluding carboxylic acids is 2. The summed E-state index contributed by atoms with van der Waals surface area (Å²) in [7, 11) is 0. The van der Waals surface area contributed by atoms with Crippen molar-refractivity contribution in [2.75, 3.05) is 6.61 Å². The van der Waals surface area contributed by atoms with Gasteiger partial charge in [-0.15, -0.1) is 0 Å². The molecular weight excluding hydrogens is 284 g/mol. The van der Waals surface area contributed by atoms with Crippen LogP contribution in [0.25, 0.3) is 0 Å². The summed E-state index contributed by atoms with van der Waals surface area (Å²) in [6.45, 7) is 5.26. The maximum Gasteiger partial charge on any atom is 0.310 e. The van der Waals surface area contributed by atoms with Crippen LogP contribution in [0.1, 0.15) is 39.2 Å². The van der Waals surface area contributed by atoms with Crippen molar-refractivity contribution < 1.29 is 24.2 Å². The summed E-state index contributed by atoms with van der Waals surface area (Å²) >= 11 is 0. The highest BCUT2D eigenvalue weighted by Gasteiger charge is 2.27. The molecule has 0 aromatic heterocycles. The van der Waals surface area contributed by atoms with Gasteiger partial charge in [-0.2, -0.15) is 0 Å². The van der Waals surface area contributed by atoms with E-state index in [0.29, 0.717) is 0 Å². The molecule has 0 aliphatic carbocycles. The van der Waals surface area contributed by atoms with Crippen molar-refractivity contribution in [3.8, 4) is 0 Å². The van der Waals surface area contributed by atoms with E-state index in [2.05, 4.69) is 0 Å². The molecule has 22 heavy (non-hydrogen) atoms. The minimum absolute atomic E-state index is 0.0949. The topological polar surface area (TPSA) is 72.8 Å². The highest BCUT2D eigenvalue weighted by atomic mass is 16.6. The predicted octanol–water partition coefficient (Wildman–Crippen LogP) is 2.46. The van der Waals surface area contributed by atoms with Gasteiger partial charge in [0.05, 0.1) is 12.3 Å². The first-order chi connectivity index (χ1) is 10.3. The average molecular weight is 308 g/mol. The second-order valence-corrected chi connectivity index (χ2v) is 6.09. The predicted molar refractivity (Wildman–Crippen MR) is 81.9 cm³/mol. The zero-order valence-electron chi connectivity index (χ0n) is 13.4. The number of aliphatic hydroxyl groups is 1. The van der Waals surface area contributed by atoms with Gasteiger partial charge in [0.1, 0.15) is 12.2 Å². The van der Waals surface area contributed by atoms with Gasteiger partial charge in [-0.25, -0.2) is 0 Å². The number of benzene rings is 1. The lowest BCUT2D eigenvalue weighted by atomic mass is 10.0. The molecule has 1 aromatic carbocycles. The standard InChI is InChI=1S/C17H24O5/c1-17(2,3)22-16(20)14(9-10-18)11-15(19)21-12-13-7-5-4-6-8-13/h4-8,14,18H,9-12H2,1-3H3/t14-/m0/s1. The Hall–Kier alpha value is -1.88. The maximum atomic E-state index is 12.0. The van der Waals surface area contributed by atoms with Crippen LogP contribution in [0.5, 0.6) is 0 Å². The first-order valence-corrected chi connectivity index (χ1v) is 7.35. The normalized spacial score (nSPS) is 12.5. The fourth-order valence-electron chi connectivity index (χ4n) is 1.84. The van der Waals surface area contributed by atoms with Gasteiger partial charge >= 0.3 is 11.9 Å². The van der Waals surface area contributed by atoms with Crippen LogP contribution in [0.2, 0.25) is 0 Å². The van der Waals surface area contributed by atoms with E-state index in [4.69, 9.17) is 14.6 Å². The van der Waals surface area contributed by atoms with Crippen LogP contribution in [0, 0.1) is 5.92 Å². The fourth-order valence-corrected chi connectivity index (χ4v) is 1.84. The van der Waals surface area contributed by atoms with E-state index in [0.717, 1.165) is 5.56 Å². The van der Waals surface area contributed by atoms with Gasteiger partial charge in [0.2, 0.25) is 0 Å². The van der Waals surface area contributed by atoms with Crippen LogP contribution in [0.3, 0.4) is 0 Å². The molecule has 0 spiro atoms. The number of hydrogen-bond donors (Lipinski definition) is 1. The van der Waals surface area contributed by atoms with E-state index >= 15 is 0 Å². The number of rotatable bonds is 7. The Balaban J connectivity index is 2.51. The average Bonchev–Trinajstić information content (AvgIpc) is 2.44. The third-order valence-corrected chi connectivity index (χ3v) is 2.87. The Morgan fingerprint density at radius 3 is 2.36 bits per heavy atom. The smallest absolute Gasteiger partial charge is 0.310 e. The van der Waals surface area contributed by atoms with Gasteiger partial charge in [-0.05, 0) is 32.8 Å². The lowest BCUT2D eigenvalue weighted by Gasteiger charge is -2.23. The van der Waals surface area contributed by atoms with Gasteiger partial charge < -0.3 is 14.6 Å². The second-order valence-electron chi connectivity index (χ2n) is 6.09. The quantitative estimate of drug-likeness (QED) is 0.783. The first-order valence-electron chi connectivity index (χ1n) is 7.35. The molecule has 0 saturated carbocycles. The molecule has 0 bridgehead atoms. The molecule has 0 unspecified atom stereocenters. The second kappa shape index (κ2) is 8.54. The largest absolute Gasteiger partial charge is 0.461 e. The summed E-state index contributed by atoms with van der Waals surface area (Å²) in [5, 5.41) is 9.04. The van der Waals surface area contributed by atoms with Crippen LogP contribution in [0.15, 0.2) is 30.3 Å². The molecule has 1 rings (SSSR count). The van der Waals surface area contributed by atoms with Gasteiger partial charge in [-0.1, -0.05) is 30.3 Å². The number of ether oxygens (including phenoxy) is 2. The zero-order chi connectivity index (χ0) is 16.6. The SMILES string of the molecule is CC(C)(C)OC(=O)[C@@H](CCO)CC(=O)OCc1ccccc1. The summed E-state index contributed by atoms with van der Waals surface area (Å²) in [5.41, 5.74) is 0.255. The van der Waals surface area contributed by atoms with Crippen molar-refractivity contribution in [2.45, 2.75) is 45.8 Å². The van der Waals surface area contributed by atoms with E-state index < -0.39 is 23.5 Å². The highest BCUT2D eigenvalue weighted by Crippen LogP contribution is 2.17. The van der Waals surface area contributed by atoms with Crippen molar-refractivity contribution in [3.63, 3.8) is 0 Å². The van der Waals surface area contributed by atoms with Gasteiger partial charge in [0.25, 0.3) is 0 Å². The van der Waals surface area contributed by atoms with Crippen molar-refractivity contribution >= 4 is 11.9 Å². The summed E-state index contributed by atoms with van der Waals surface area (Å²) in [6.07, 6.45) is 0.0810. The summed E-state index contributed by atoms with van der Waals surface area (Å²) in [4.78, 5) is 23.9. The third kappa shape index (κ3) is 7.22. The minimum Gasteiger partial charge on any atom is -0.461 e. The molecule has 1 N–H and O–H groups in total. The molecule has 0 amide bonds. The van der Waals surface area contributed by atoms with E-state index in [1.807, 2.05) is 30.3 Å². The molecule has 1 aromatic rings. The fraction of sp³-hybridized carbons (Fsp3) is 0.529. The maximum absolute atomic E-state index is 12.0.